The summed E-state index contributed by atoms with van der Waals surface area (Å²) in [5, 5.41) is 4.61. The highest BCUT2D eigenvalue weighted by Gasteiger charge is 2.18. The first kappa shape index (κ1) is 15.3. The lowest BCUT2D eigenvalue weighted by Gasteiger charge is -2.05. The molecule has 0 fully saturated rings. The van der Waals surface area contributed by atoms with E-state index in [9.17, 15) is 4.79 Å². The van der Waals surface area contributed by atoms with Crippen LogP contribution in [0.2, 0.25) is 10.0 Å². The molecule has 1 amide bonds. The normalized spacial score (nSPS) is 10.9. The zero-order chi connectivity index (χ0) is 15.7. The van der Waals surface area contributed by atoms with Crippen molar-refractivity contribution in [1.82, 2.24) is 0 Å². The topological polar surface area (TPSA) is 29.1 Å². The third-order valence-electron chi connectivity index (χ3n) is 3.41. The number of nitrogens with one attached hydrogen (secondary N) is 1. The van der Waals surface area contributed by atoms with Gasteiger partial charge in [0.1, 0.15) is 4.88 Å². The van der Waals surface area contributed by atoms with Gasteiger partial charge in [0.05, 0.1) is 10.0 Å². The summed E-state index contributed by atoms with van der Waals surface area (Å²) in [7, 11) is 0. The van der Waals surface area contributed by atoms with Crippen LogP contribution in [0.25, 0.3) is 10.1 Å². The predicted molar refractivity (Wildman–Crippen MR) is 95.6 cm³/mol. The molecule has 22 heavy (non-hydrogen) atoms. The van der Waals surface area contributed by atoms with E-state index >= 15 is 0 Å². The van der Waals surface area contributed by atoms with Gasteiger partial charge in [0.2, 0.25) is 0 Å². The molecule has 0 saturated heterocycles. The number of fused-ring (bicyclic) bond motifs is 1. The number of hydrogen-bond acceptors (Lipinski definition) is 2. The number of thiophene rings is 1. The Morgan fingerprint density at radius 3 is 2.68 bits per heavy atom. The van der Waals surface area contributed by atoms with Gasteiger partial charge in [-0.15, -0.1) is 11.3 Å². The molecule has 0 spiro atoms. The van der Waals surface area contributed by atoms with Gasteiger partial charge >= 0.3 is 0 Å². The molecule has 1 heterocycles. The van der Waals surface area contributed by atoms with Gasteiger partial charge in [0.15, 0.2) is 0 Å². The summed E-state index contributed by atoms with van der Waals surface area (Å²) in [5.41, 5.74) is 1.94. The molecule has 2 nitrogen and oxygen atoms in total. The molecule has 5 heteroatoms. The molecule has 3 rings (SSSR count). The van der Waals surface area contributed by atoms with Gasteiger partial charge in [-0.2, -0.15) is 0 Å². The van der Waals surface area contributed by atoms with Gasteiger partial charge in [-0.1, -0.05) is 48.3 Å². The summed E-state index contributed by atoms with van der Waals surface area (Å²) >= 11 is 13.9. The van der Waals surface area contributed by atoms with Crippen molar-refractivity contribution < 1.29 is 4.79 Å². The summed E-state index contributed by atoms with van der Waals surface area (Å²) in [4.78, 5) is 13.0. The number of halogens is 2. The SMILES string of the molecule is CCc1cccc(NC(=O)c2sc3cccc(Cl)c3c2Cl)c1. The van der Waals surface area contributed by atoms with Crippen LogP contribution in [-0.4, -0.2) is 5.91 Å². The molecule has 112 valence electrons. The second kappa shape index (κ2) is 6.29. The summed E-state index contributed by atoms with van der Waals surface area (Å²) in [6, 6.07) is 13.3. The van der Waals surface area contributed by atoms with Gasteiger partial charge < -0.3 is 5.32 Å². The Morgan fingerprint density at radius 1 is 1.18 bits per heavy atom. The summed E-state index contributed by atoms with van der Waals surface area (Å²) in [6.45, 7) is 2.08. The molecule has 1 aromatic heterocycles. The number of rotatable bonds is 3. The lowest BCUT2D eigenvalue weighted by Crippen LogP contribution is -2.10. The van der Waals surface area contributed by atoms with E-state index in [1.165, 1.54) is 16.9 Å². The molecule has 0 radical (unpaired) electrons. The summed E-state index contributed by atoms with van der Waals surface area (Å²) < 4.78 is 0.907. The monoisotopic (exact) mass is 349 g/mol. The van der Waals surface area contributed by atoms with Gasteiger partial charge in [-0.3, -0.25) is 4.79 Å². The minimum atomic E-state index is -0.212. The number of benzene rings is 2. The zero-order valence-electron chi connectivity index (χ0n) is 11.8. The van der Waals surface area contributed by atoms with E-state index in [1.54, 1.807) is 6.07 Å². The van der Waals surface area contributed by atoms with Gasteiger partial charge in [0, 0.05) is 15.8 Å². The highest BCUT2D eigenvalue weighted by molar-refractivity contribution is 7.21. The lowest BCUT2D eigenvalue weighted by molar-refractivity contribution is 0.103. The van der Waals surface area contributed by atoms with E-state index in [2.05, 4.69) is 12.2 Å². The number of aryl methyl sites for hydroxylation is 1. The number of anilines is 1. The summed E-state index contributed by atoms with van der Waals surface area (Å²) in [6.07, 6.45) is 0.920. The van der Waals surface area contributed by atoms with E-state index < -0.39 is 0 Å². The molecule has 0 bridgehead atoms. The van der Waals surface area contributed by atoms with Crippen LogP contribution in [0.3, 0.4) is 0 Å². The van der Waals surface area contributed by atoms with E-state index in [1.807, 2.05) is 36.4 Å². The third-order valence-corrected chi connectivity index (χ3v) is 5.36. The number of amides is 1. The van der Waals surface area contributed by atoms with Gasteiger partial charge in [0.25, 0.3) is 5.91 Å². The average Bonchev–Trinajstić information content (AvgIpc) is 2.86. The van der Waals surface area contributed by atoms with Crippen LogP contribution in [0.4, 0.5) is 5.69 Å². The molecule has 2 aromatic carbocycles. The van der Waals surface area contributed by atoms with Crippen molar-refractivity contribution in [3.05, 3.63) is 63.0 Å². The highest BCUT2D eigenvalue weighted by atomic mass is 35.5. The average molecular weight is 350 g/mol. The fourth-order valence-corrected chi connectivity index (χ4v) is 4.12. The number of carbonyl (C=O) groups excluding carboxylic acids is 1. The van der Waals surface area contributed by atoms with Crippen molar-refractivity contribution in [3.8, 4) is 0 Å². The molecule has 0 saturated carbocycles. The van der Waals surface area contributed by atoms with E-state index in [4.69, 9.17) is 23.2 Å². The third kappa shape index (κ3) is 2.84. The van der Waals surface area contributed by atoms with E-state index in [-0.39, 0.29) is 5.91 Å². The van der Waals surface area contributed by atoms with Crippen LogP contribution in [0, 0.1) is 0 Å². The minimum absolute atomic E-state index is 0.212. The highest BCUT2D eigenvalue weighted by Crippen LogP contribution is 2.39. The first-order valence-corrected chi connectivity index (χ1v) is 8.44. The molecule has 0 atom stereocenters. The van der Waals surface area contributed by atoms with Gasteiger partial charge in [-0.05, 0) is 36.2 Å². The molecule has 3 aromatic rings. The maximum absolute atomic E-state index is 12.5. The molecular formula is C17H13Cl2NOS. The minimum Gasteiger partial charge on any atom is -0.321 e. The molecule has 0 aliphatic carbocycles. The Labute approximate surface area is 142 Å². The Hall–Kier alpha value is -1.55. The zero-order valence-corrected chi connectivity index (χ0v) is 14.1. The summed E-state index contributed by atoms with van der Waals surface area (Å²) in [5.74, 6) is -0.212. The van der Waals surface area contributed by atoms with Crippen LogP contribution in [0.5, 0.6) is 0 Å². The van der Waals surface area contributed by atoms with Crippen molar-refractivity contribution in [3.63, 3.8) is 0 Å². The Balaban J connectivity index is 1.95. The lowest BCUT2D eigenvalue weighted by atomic mass is 10.1. The standard InChI is InChI=1S/C17H13Cl2NOS/c1-2-10-5-3-6-11(9-10)20-17(21)16-15(19)14-12(18)7-4-8-13(14)22-16/h3-9H,2H2,1H3,(H,20,21). The van der Waals surface area contributed by atoms with Crippen molar-refractivity contribution >= 4 is 56.2 Å². The Morgan fingerprint density at radius 2 is 1.95 bits per heavy atom. The first-order valence-electron chi connectivity index (χ1n) is 6.87. The molecular weight excluding hydrogens is 337 g/mol. The molecule has 1 N–H and O–H groups in total. The maximum atomic E-state index is 12.5. The second-order valence-electron chi connectivity index (χ2n) is 4.87. The van der Waals surface area contributed by atoms with Crippen LogP contribution < -0.4 is 5.32 Å². The van der Waals surface area contributed by atoms with Crippen LogP contribution in [0.15, 0.2) is 42.5 Å². The predicted octanol–water partition coefficient (Wildman–Crippen LogP) is 6.02. The van der Waals surface area contributed by atoms with Crippen molar-refractivity contribution in [1.29, 1.82) is 0 Å². The largest absolute Gasteiger partial charge is 0.321 e. The number of hydrogen-bond donors (Lipinski definition) is 1. The smallest absolute Gasteiger partial charge is 0.267 e. The molecule has 0 unspecified atom stereocenters. The Bertz CT molecular complexity index is 857. The molecule has 0 aliphatic rings. The van der Waals surface area contributed by atoms with E-state index in [0.717, 1.165) is 22.2 Å². The van der Waals surface area contributed by atoms with Crippen molar-refractivity contribution in [2.75, 3.05) is 5.32 Å². The van der Waals surface area contributed by atoms with Crippen molar-refractivity contribution in [2.45, 2.75) is 13.3 Å². The van der Waals surface area contributed by atoms with Gasteiger partial charge in [-0.25, -0.2) is 0 Å². The van der Waals surface area contributed by atoms with Crippen molar-refractivity contribution in [2.24, 2.45) is 0 Å². The molecule has 0 aliphatic heterocycles. The Kier molecular flexibility index (Phi) is 4.39. The fourth-order valence-electron chi connectivity index (χ4n) is 2.27. The van der Waals surface area contributed by atoms with Crippen LogP contribution in [-0.2, 0) is 6.42 Å². The van der Waals surface area contributed by atoms with E-state index in [0.29, 0.717) is 14.9 Å². The van der Waals surface area contributed by atoms with Crippen LogP contribution in [0.1, 0.15) is 22.2 Å². The quantitative estimate of drug-likeness (QED) is 0.615. The van der Waals surface area contributed by atoms with Crippen LogP contribution >= 0.6 is 34.5 Å². The second-order valence-corrected chi connectivity index (χ2v) is 6.70. The number of carbonyl (C=O) groups is 1. The fraction of sp³-hybridized carbons (Fsp3) is 0.118. The first-order chi connectivity index (χ1) is 10.6. The maximum Gasteiger partial charge on any atom is 0.267 e.